The second-order valence-electron chi connectivity index (χ2n) is 6.50. The molecular weight excluding hydrogens is 310 g/mol. The van der Waals surface area contributed by atoms with Crippen LogP contribution in [0.5, 0.6) is 5.75 Å². The molecule has 1 heterocycles. The van der Waals surface area contributed by atoms with E-state index in [0.717, 1.165) is 51.5 Å². The van der Waals surface area contributed by atoms with Gasteiger partial charge >= 0.3 is 0 Å². The molecule has 0 N–H and O–H groups in total. The molecule has 2 aromatic carbocycles. The van der Waals surface area contributed by atoms with Gasteiger partial charge in [-0.2, -0.15) is 5.26 Å². The summed E-state index contributed by atoms with van der Waals surface area (Å²) in [7, 11) is 0. The summed E-state index contributed by atoms with van der Waals surface area (Å²) in [6, 6.07) is 18.3. The topological polar surface area (TPSA) is 39.5 Å². The SMILES string of the molecule is Cc1ccc(OCCN2CCCN(c3ccc(C#N)cc3)CC2)cc1. The maximum absolute atomic E-state index is 8.91. The third kappa shape index (κ3) is 4.98. The van der Waals surface area contributed by atoms with Gasteiger partial charge in [0.25, 0.3) is 0 Å². The number of rotatable bonds is 5. The van der Waals surface area contributed by atoms with E-state index in [4.69, 9.17) is 10.00 Å². The normalized spacial score (nSPS) is 15.4. The van der Waals surface area contributed by atoms with Crippen molar-refractivity contribution in [2.75, 3.05) is 44.2 Å². The Hall–Kier alpha value is -2.51. The van der Waals surface area contributed by atoms with Crippen LogP contribution in [0.4, 0.5) is 5.69 Å². The predicted molar refractivity (Wildman–Crippen MR) is 101 cm³/mol. The highest BCUT2D eigenvalue weighted by atomic mass is 16.5. The van der Waals surface area contributed by atoms with Gasteiger partial charge < -0.3 is 9.64 Å². The van der Waals surface area contributed by atoms with E-state index in [1.165, 1.54) is 11.3 Å². The molecule has 4 nitrogen and oxygen atoms in total. The fraction of sp³-hybridized carbons (Fsp3) is 0.381. The maximum Gasteiger partial charge on any atom is 0.119 e. The van der Waals surface area contributed by atoms with E-state index in [-0.39, 0.29) is 0 Å². The predicted octanol–water partition coefficient (Wildman–Crippen LogP) is 3.46. The molecule has 0 unspecified atom stereocenters. The van der Waals surface area contributed by atoms with E-state index < -0.39 is 0 Å². The number of hydrogen-bond donors (Lipinski definition) is 0. The molecule has 1 saturated heterocycles. The van der Waals surface area contributed by atoms with Gasteiger partial charge in [-0.05, 0) is 49.7 Å². The van der Waals surface area contributed by atoms with Crippen LogP contribution in [0.3, 0.4) is 0 Å². The average molecular weight is 335 g/mol. The van der Waals surface area contributed by atoms with Crippen molar-refractivity contribution in [3.63, 3.8) is 0 Å². The standard InChI is InChI=1S/C21H25N3O/c1-18-3-9-21(10-4-18)25-16-15-23-11-2-12-24(14-13-23)20-7-5-19(17-22)6-8-20/h3-10H,2,11-16H2,1H3. The largest absolute Gasteiger partial charge is 0.492 e. The second-order valence-corrected chi connectivity index (χ2v) is 6.50. The van der Waals surface area contributed by atoms with Crippen LogP contribution in [0.1, 0.15) is 17.5 Å². The van der Waals surface area contributed by atoms with Crippen molar-refractivity contribution in [2.45, 2.75) is 13.3 Å². The number of aryl methyl sites for hydroxylation is 1. The lowest BCUT2D eigenvalue weighted by Crippen LogP contribution is -2.33. The Morgan fingerprint density at radius 2 is 1.72 bits per heavy atom. The molecule has 25 heavy (non-hydrogen) atoms. The molecule has 0 aromatic heterocycles. The summed E-state index contributed by atoms with van der Waals surface area (Å²) in [6.07, 6.45) is 1.14. The third-order valence-corrected chi connectivity index (χ3v) is 4.65. The molecule has 1 aliphatic heterocycles. The Morgan fingerprint density at radius 3 is 2.44 bits per heavy atom. The number of benzene rings is 2. The van der Waals surface area contributed by atoms with Gasteiger partial charge in [-0.25, -0.2) is 0 Å². The van der Waals surface area contributed by atoms with Crippen molar-refractivity contribution >= 4 is 5.69 Å². The van der Waals surface area contributed by atoms with Crippen LogP contribution >= 0.6 is 0 Å². The number of ether oxygens (including phenoxy) is 1. The molecule has 2 aromatic rings. The van der Waals surface area contributed by atoms with E-state index in [0.29, 0.717) is 5.56 Å². The zero-order chi connectivity index (χ0) is 17.5. The molecule has 4 heteroatoms. The molecule has 0 spiro atoms. The van der Waals surface area contributed by atoms with Crippen molar-refractivity contribution < 1.29 is 4.74 Å². The Kier molecular flexibility index (Phi) is 5.92. The maximum atomic E-state index is 8.91. The Bertz CT molecular complexity index is 703. The third-order valence-electron chi connectivity index (χ3n) is 4.65. The molecule has 0 aliphatic carbocycles. The van der Waals surface area contributed by atoms with E-state index in [2.05, 4.69) is 47.1 Å². The minimum Gasteiger partial charge on any atom is -0.492 e. The van der Waals surface area contributed by atoms with Gasteiger partial charge in [0.05, 0.1) is 11.6 Å². The molecule has 1 fully saturated rings. The van der Waals surface area contributed by atoms with Gasteiger partial charge in [-0.15, -0.1) is 0 Å². The van der Waals surface area contributed by atoms with E-state index in [1.807, 2.05) is 24.3 Å². The van der Waals surface area contributed by atoms with Crippen LogP contribution in [0.2, 0.25) is 0 Å². The van der Waals surface area contributed by atoms with Crippen LogP contribution in [-0.2, 0) is 0 Å². The first-order valence-electron chi connectivity index (χ1n) is 8.91. The molecule has 0 radical (unpaired) electrons. The summed E-state index contributed by atoms with van der Waals surface area (Å²) in [4.78, 5) is 4.87. The molecule has 0 bridgehead atoms. The fourth-order valence-electron chi connectivity index (χ4n) is 3.13. The molecule has 0 saturated carbocycles. The van der Waals surface area contributed by atoms with Crippen molar-refractivity contribution in [1.29, 1.82) is 5.26 Å². The van der Waals surface area contributed by atoms with Gasteiger partial charge in [0.1, 0.15) is 12.4 Å². The van der Waals surface area contributed by atoms with Crippen LogP contribution in [-0.4, -0.2) is 44.2 Å². The summed E-state index contributed by atoms with van der Waals surface area (Å²) in [5, 5.41) is 8.91. The first kappa shape index (κ1) is 17.3. The highest BCUT2D eigenvalue weighted by Gasteiger charge is 2.15. The molecule has 130 valence electrons. The second kappa shape index (κ2) is 8.55. The molecule has 0 atom stereocenters. The van der Waals surface area contributed by atoms with Crippen LogP contribution in [0.25, 0.3) is 0 Å². The summed E-state index contributed by atoms with van der Waals surface area (Å²) in [5.74, 6) is 0.944. The molecule has 1 aliphatic rings. The smallest absolute Gasteiger partial charge is 0.119 e. The summed E-state index contributed by atoms with van der Waals surface area (Å²) < 4.78 is 5.86. The van der Waals surface area contributed by atoms with Gasteiger partial charge in [-0.3, -0.25) is 4.90 Å². The van der Waals surface area contributed by atoms with Gasteiger partial charge in [0.2, 0.25) is 0 Å². The van der Waals surface area contributed by atoms with E-state index in [9.17, 15) is 0 Å². The van der Waals surface area contributed by atoms with Crippen LogP contribution in [0.15, 0.2) is 48.5 Å². The molecule has 3 rings (SSSR count). The summed E-state index contributed by atoms with van der Waals surface area (Å²) in [6.45, 7) is 7.97. The van der Waals surface area contributed by atoms with Crippen molar-refractivity contribution in [1.82, 2.24) is 4.90 Å². The van der Waals surface area contributed by atoms with Crippen molar-refractivity contribution in [3.05, 3.63) is 59.7 Å². The Balaban J connectivity index is 1.46. The zero-order valence-electron chi connectivity index (χ0n) is 14.8. The van der Waals surface area contributed by atoms with Gasteiger partial charge in [0, 0.05) is 38.4 Å². The number of hydrogen-bond acceptors (Lipinski definition) is 4. The number of nitrogens with zero attached hydrogens (tertiary/aromatic N) is 3. The number of nitriles is 1. The van der Waals surface area contributed by atoms with Crippen LogP contribution < -0.4 is 9.64 Å². The number of anilines is 1. The first-order chi connectivity index (χ1) is 12.2. The highest BCUT2D eigenvalue weighted by molar-refractivity contribution is 5.49. The van der Waals surface area contributed by atoms with Gasteiger partial charge in [0.15, 0.2) is 0 Å². The minimum atomic E-state index is 0.716. The van der Waals surface area contributed by atoms with Crippen molar-refractivity contribution in [2.24, 2.45) is 0 Å². The average Bonchev–Trinajstić information content (AvgIpc) is 2.89. The van der Waals surface area contributed by atoms with Crippen LogP contribution in [0, 0.1) is 18.3 Å². The fourth-order valence-corrected chi connectivity index (χ4v) is 3.13. The Morgan fingerprint density at radius 1 is 0.960 bits per heavy atom. The lowest BCUT2D eigenvalue weighted by molar-refractivity contribution is 0.218. The lowest BCUT2D eigenvalue weighted by atomic mass is 10.2. The van der Waals surface area contributed by atoms with E-state index >= 15 is 0 Å². The molecular formula is C21H25N3O. The zero-order valence-corrected chi connectivity index (χ0v) is 14.8. The monoisotopic (exact) mass is 335 g/mol. The minimum absolute atomic E-state index is 0.716. The van der Waals surface area contributed by atoms with E-state index in [1.54, 1.807) is 0 Å². The quantitative estimate of drug-likeness (QED) is 0.839. The van der Waals surface area contributed by atoms with Gasteiger partial charge in [-0.1, -0.05) is 17.7 Å². The first-order valence-corrected chi connectivity index (χ1v) is 8.91. The Labute approximate surface area is 150 Å². The summed E-state index contributed by atoms with van der Waals surface area (Å²) in [5.41, 5.74) is 3.17. The highest BCUT2D eigenvalue weighted by Crippen LogP contribution is 2.17. The molecule has 0 amide bonds. The van der Waals surface area contributed by atoms with Crippen molar-refractivity contribution in [3.8, 4) is 11.8 Å². The lowest BCUT2D eigenvalue weighted by Gasteiger charge is -2.23. The summed E-state index contributed by atoms with van der Waals surface area (Å²) >= 11 is 0.